The first-order valence-electron chi connectivity index (χ1n) is 9.31. The molecular weight excluding hydrogens is 352 g/mol. The maximum atomic E-state index is 6.03. The molecule has 28 heavy (non-hydrogen) atoms. The molecule has 0 bridgehead atoms. The summed E-state index contributed by atoms with van der Waals surface area (Å²) in [5, 5.41) is 5.35. The first-order valence-corrected chi connectivity index (χ1v) is 9.31. The first-order chi connectivity index (χ1) is 13.8. The van der Waals surface area contributed by atoms with Gasteiger partial charge in [0.25, 0.3) is 0 Å². The SMILES string of the molecule is Cn1ncc2c(N3CCO[C@@H](c4ccccc4)C3)nc(-c3cccnc3)nc21. The van der Waals surface area contributed by atoms with Crippen molar-refractivity contribution >= 4 is 16.9 Å². The molecule has 0 amide bonds. The van der Waals surface area contributed by atoms with Crippen molar-refractivity contribution in [1.82, 2.24) is 24.7 Å². The van der Waals surface area contributed by atoms with Gasteiger partial charge in [-0.3, -0.25) is 9.67 Å². The van der Waals surface area contributed by atoms with Gasteiger partial charge in [0.2, 0.25) is 0 Å². The number of fused-ring (bicyclic) bond motifs is 1. The summed E-state index contributed by atoms with van der Waals surface area (Å²) in [4.78, 5) is 16.1. The molecule has 1 saturated heterocycles. The van der Waals surface area contributed by atoms with Crippen molar-refractivity contribution < 1.29 is 4.74 Å². The largest absolute Gasteiger partial charge is 0.370 e. The van der Waals surface area contributed by atoms with Crippen molar-refractivity contribution in [3.8, 4) is 11.4 Å². The van der Waals surface area contributed by atoms with Crippen LogP contribution in [0.1, 0.15) is 11.7 Å². The highest BCUT2D eigenvalue weighted by molar-refractivity contribution is 5.88. The second kappa shape index (κ2) is 7.01. The minimum absolute atomic E-state index is 0.0125. The summed E-state index contributed by atoms with van der Waals surface area (Å²) in [6.45, 7) is 2.15. The van der Waals surface area contributed by atoms with E-state index in [1.807, 2.05) is 43.6 Å². The standard InChI is InChI=1S/C21H20N6O/c1-26-20-17(13-23-26)21(25-19(24-20)16-8-5-9-22-12-16)27-10-11-28-18(14-27)15-6-3-2-4-7-15/h2-9,12-13,18H,10-11,14H2,1H3/t18-/m1/s1. The van der Waals surface area contributed by atoms with Gasteiger partial charge in [0.05, 0.1) is 18.2 Å². The Kier molecular flexibility index (Phi) is 4.21. The fraction of sp³-hybridized carbons (Fsp3) is 0.238. The molecule has 140 valence electrons. The fourth-order valence-corrected chi connectivity index (χ4v) is 3.58. The lowest BCUT2D eigenvalue weighted by molar-refractivity contribution is 0.0396. The van der Waals surface area contributed by atoms with Gasteiger partial charge < -0.3 is 9.64 Å². The van der Waals surface area contributed by atoms with Crippen molar-refractivity contribution in [2.75, 3.05) is 24.6 Å². The van der Waals surface area contributed by atoms with E-state index in [-0.39, 0.29) is 6.10 Å². The van der Waals surface area contributed by atoms with Gasteiger partial charge in [-0.15, -0.1) is 0 Å². The summed E-state index contributed by atoms with van der Waals surface area (Å²) in [6.07, 6.45) is 5.39. The van der Waals surface area contributed by atoms with Crippen molar-refractivity contribution in [2.24, 2.45) is 7.05 Å². The third kappa shape index (κ3) is 2.99. The van der Waals surface area contributed by atoms with Crippen LogP contribution in [0.4, 0.5) is 5.82 Å². The molecule has 0 saturated carbocycles. The molecular formula is C21H20N6O. The molecule has 4 heterocycles. The van der Waals surface area contributed by atoms with Crippen molar-refractivity contribution in [3.63, 3.8) is 0 Å². The minimum Gasteiger partial charge on any atom is -0.370 e. The van der Waals surface area contributed by atoms with E-state index in [4.69, 9.17) is 14.7 Å². The fourth-order valence-electron chi connectivity index (χ4n) is 3.58. The normalized spacial score (nSPS) is 17.2. The third-order valence-electron chi connectivity index (χ3n) is 5.03. The van der Waals surface area contributed by atoms with Crippen LogP contribution in [-0.2, 0) is 11.8 Å². The van der Waals surface area contributed by atoms with Crippen molar-refractivity contribution in [3.05, 3.63) is 66.6 Å². The monoisotopic (exact) mass is 372 g/mol. The second-order valence-electron chi connectivity index (χ2n) is 6.83. The van der Waals surface area contributed by atoms with Gasteiger partial charge in [-0.2, -0.15) is 5.10 Å². The lowest BCUT2D eigenvalue weighted by atomic mass is 10.1. The second-order valence-corrected chi connectivity index (χ2v) is 6.83. The van der Waals surface area contributed by atoms with Crippen molar-refractivity contribution in [2.45, 2.75) is 6.10 Å². The van der Waals surface area contributed by atoms with Crippen LogP contribution in [0.15, 0.2) is 61.1 Å². The highest BCUT2D eigenvalue weighted by atomic mass is 16.5. The first kappa shape index (κ1) is 16.8. The molecule has 1 fully saturated rings. The maximum absolute atomic E-state index is 6.03. The van der Waals surface area contributed by atoms with Gasteiger partial charge in [0.1, 0.15) is 11.9 Å². The summed E-state index contributed by atoms with van der Waals surface area (Å²) in [7, 11) is 1.90. The third-order valence-corrected chi connectivity index (χ3v) is 5.03. The Morgan fingerprint density at radius 2 is 1.93 bits per heavy atom. The number of aromatic nitrogens is 5. The molecule has 3 aromatic heterocycles. The summed E-state index contributed by atoms with van der Waals surface area (Å²) in [5.41, 5.74) is 2.88. The van der Waals surface area contributed by atoms with Crippen LogP contribution in [0.5, 0.6) is 0 Å². The molecule has 1 aromatic carbocycles. The molecule has 0 N–H and O–H groups in total. The van der Waals surface area contributed by atoms with Crippen molar-refractivity contribution in [1.29, 1.82) is 0 Å². The highest BCUT2D eigenvalue weighted by Crippen LogP contribution is 2.31. The number of rotatable bonds is 3. The average molecular weight is 372 g/mol. The number of anilines is 1. The summed E-state index contributed by atoms with van der Waals surface area (Å²) in [5.74, 6) is 1.54. The quantitative estimate of drug-likeness (QED) is 0.551. The number of benzene rings is 1. The van der Waals surface area contributed by atoms with Gasteiger partial charge >= 0.3 is 0 Å². The highest BCUT2D eigenvalue weighted by Gasteiger charge is 2.26. The van der Waals surface area contributed by atoms with E-state index < -0.39 is 0 Å². The zero-order chi connectivity index (χ0) is 18.9. The van der Waals surface area contributed by atoms with Crippen LogP contribution >= 0.6 is 0 Å². The van der Waals surface area contributed by atoms with E-state index in [0.717, 1.165) is 35.5 Å². The van der Waals surface area contributed by atoms with Crippen LogP contribution in [0.3, 0.4) is 0 Å². The minimum atomic E-state index is 0.0125. The molecule has 7 nitrogen and oxygen atoms in total. The molecule has 0 unspecified atom stereocenters. The number of aryl methyl sites for hydroxylation is 1. The van der Waals surface area contributed by atoms with E-state index >= 15 is 0 Å². The number of pyridine rings is 1. The Bertz CT molecular complexity index is 1100. The predicted molar refractivity (Wildman–Crippen MR) is 107 cm³/mol. The number of nitrogens with zero attached hydrogens (tertiary/aromatic N) is 6. The zero-order valence-electron chi connectivity index (χ0n) is 15.6. The van der Waals surface area contributed by atoms with Gasteiger partial charge in [0, 0.05) is 38.1 Å². The van der Waals surface area contributed by atoms with Crippen LogP contribution in [-0.4, -0.2) is 44.4 Å². The van der Waals surface area contributed by atoms with Gasteiger partial charge in [-0.1, -0.05) is 30.3 Å². The number of morpholine rings is 1. The van der Waals surface area contributed by atoms with E-state index in [2.05, 4.69) is 27.1 Å². The van der Waals surface area contributed by atoms with Crippen LogP contribution in [0, 0.1) is 0 Å². The number of ether oxygens (including phenoxy) is 1. The molecule has 4 aromatic rings. The molecule has 1 aliphatic heterocycles. The Balaban J connectivity index is 1.58. The zero-order valence-corrected chi connectivity index (χ0v) is 15.6. The van der Waals surface area contributed by atoms with Crippen LogP contribution in [0.25, 0.3) is 22.4 Å². The maximum Gasteiger partial charge on any atom is 0.165 e. The van der Waals surface area contributed by atoms with E-state index in [0.29, 0.717) is 12.4 Å². The van der Waals surface area contributed by atoms with Gasteiger partial charge in [-0.25, -0.2) is 9.97 Å². The predicted octanol–water partition coefficient (Wildman–Crippen LogP) is 3.00. The van der Waals surface area contributed by atoms with Gasteiger partial charge in [0.15, 0.2) is 11.5 Å². The lowest BCUT2D eigenvalue weighted by Crippen LogP contribution is -2.39. The van der Waals surface area contributed by atoms with E-state index in [1.165, 1.54) is 5.56 Å². The van der Waals surface area contributed by atoms with Crippen LogP contribution < -0.4 is 4.90 Å². The Hall–Kier alpha value is -3.32. The Labute approximate surface area is 162 Å². The molecule has 5 rings (SSSR count). The molecule has 1 aliphatic rings. The molecule has 7 heteroatoms. The number of hydrogen-bond donors (Lipinski definition) is 0. The smallest absolute Gasteiger partial charge is 0.165 e. The Morgan fingerprint density at radius 3 is 2.75 bits per heavy atom. The van der Waals surface area contributed by atoms with E-state index in [1.54, 1.807) is 17.1 Å². The van der Waals surface area contributed by atoms with E-state index in [9.17, 15) is 0 Å². The summed E-state index contributed by atoms with van der Waals surface area (Å²) >= 11 is 0. The summed E-state index contributed by atoms with van der Waals surface area (Å²) < 4.78 is 7.82. The van der Waals surface area contributed by atoms with Crippen LogP contribution in [0.2, 0.25) is 0 Å². The van der Waals surface area contributed by atoms with Gasteiger partial charge in [-0.05, 0) is 17.7 Å². The average Bonchev–Trinajstić information content (AvgIpc) is 3.15. The summed E-state index contributed by atoms with van der Waals surface area (Å²) in [6, 6.07) is 14.2. The lowest BCUT2D eigenvalue weighted by Gasteiger charge is -2.34. The molecule has 0 spiro atoms. The molecule has 1 atom stereocenters. The Morgan fingerprint density at radius 1 is 1.04 bits per heavy atom. The molecule has 0 aliphatic carbocycles. The molecule has 0 radical (unpaired) electrons. The number of hydrogen-bond acceptors (Lipinski definition) is 6. The topological polar surface area (TPSA) is 69.0 Å².